The van der Waals surface area contributed by atoms with E-state index in [1.165, 1.54) is 18.4 Å². The minimum Gasteiger partial charge on any atom is -0.343 e. The maximum atomic E-state index is 12.5. The fraction of sp³-hybridized carbons (Fsp3) is 0.524. The summed E-state index contributed by atoms with van der Waals surface area (Å²) >= 11 is 0. The van der Waals surface area contributed by atoms with Crippen LogP contribution in [0.15, 0.2) is 29.1 Å². The molecule has 1 N–H and O–H groups in total. The number of aryl methyl sites for hydroxylation is 1. The highest BCUT2D eigenvalue weighted by Gasteiger charge is 2.16. The predicted octanol–water partition coefficient (Wildman–Crippen LogP) is 3.99. The number of rotatable bonds is 4. The molecule has 1 aliphatic heterocycles. The van der Waals surface area contributed by atoms with Crippen LogP contribution in [0.4, 0.5) is 0 Å². The number of carbonyl (C=O) groups excluding carboxylic acids is 1. The van der Waals surface area contributed by atoms with E-state index in [-0.39, 0.29) is 11.5 Å². The lowest BCUT2D eigenvalue weighted by atomic mass is 10.00. The lowest BCUT2D eigenvalue weighted by Gasteiger charge is -2.20. The molecular weight excluding hydrogens is 312 g/mol. The highest BCUT2D eigenvalue weighted by Crippen LogP contribution is 2.20. The Morgan fingerprint density at radius 3 is 2.52 bits per heavy atom. The maximum Gasteiger partial charge on any atom is 0.251 e. The van der Waals surface area contributed by atoms with Gasteiger partial charge in [0, 0.05) is 30.6 Å². The second kappa shape index (κ2) is 7.85. The van der Waals surface area contributed by atoms with Crippen LogP contribution in [0, 0.1) is 0 Å². The normalized spacial score (nSPS) is 15.6. The molecule has 4 nitrogen and oxygen atoms in total. The first kappa shape index (κ1) is 17.7. The molecule has 1 aliphatic rings. The molecule has 2 aromatic rings. The highest BCUT2D eigenvalue weighted by molar-refractivity contribution is 5.80. The van der Waals surface area contributed by atoms with Crippen LogP contribution in [-0.2, 0) is 11.2 Å². The molecule has 25 heavy (non-hydrogen) atoms. The number of nitrogens with one attached hydrogen (secondary N) is 1. The number of amides is 1. The van der Waals surface area contributed by atoms with Crippen LogP contribution in [0.5, 0.6) is 0 Å². The zero-order chi connectivity index (χ0) is 17.8. The highest BCUT2D eigenvalue weighted by atomic mass is 16.2. The Morgan fingerprint density at radius 1 is 1.12 bits per heavy atom. The molecule has 1 amide bonds. The minimum atomic E-state index is -0.0755. The molecule has 1 saturated heterocycles. The summed E-state index contributed by atoms with van der Waals surface area (Å²) in [6.07, 6.45) is 5.55. The van der Waals surface area contributed by atoms with Gasteiger partial charge in [0.25, 0.3) is 5.56 Å². The van der Waals surface area contributed by atoms with Crippen molar-refractivity contribution in [2.75, 3.05) is 13.1 Å². The van der Waals surface area contributed by atoms with E-state index < -0.39 is 0 Å². The number of nitrogens with zero attached hydrogens (tertiary/aromatic N) is 1. The van der Waals surface area contributed by atoms with E-state index in [0.29, 0.717) is 24.3 Å². The topological polar surface area (TPSA) is 53.2 Å². The van der Waals surface area contributed by atoms with E-state index in [1.54, 1.807) is 0 Å². The second-order valence-electron chi connectivity index (χ2n) is 7.42. The van der Waals surface area contributed by atoms with Gasteiger partial charge >= 0.3 is 0 Å². The van der Waals surface area contributed by atoms with Crippen LogP contribution < -0.4 is 5.56 Å². The van der Waals surface area contributed by atoms with E-state index in [9.17, 15) is 9.59 Å². The quantitative estimate of drug-likeness (QED) is 0.915. The van der Waals surface area contributed by atoms with Crippen molar-refractivity contribution in [1.29, 1.82) is 0 Å². The van der Waals surface area contributed by atoms with Crippen molar-refractivity contribution < 1.29 is 4.79 Å². The zero-order valence-corrected chi connectivity index (χ0v) is 15.3. The average molecular weight is 340 g/mol. The monoisotopic (exact) mass is 340 g/mol. The van der Waals surface area contributed by atoms with Crippen LogP contribution in [0.1, 0.15) is 63.0 Å². The third-order valence-corrected chi connectivity index (χ3v) is 5.18. The molecule has 4 heteroatoms. The van der Waals surface area contributed by atoms with Gasteiger partial charge in [0.1, 0.15) is 0 Å². The SMILES string of the molecule is CC(C)c1ccc2[nH]c(=O)c(CCC(=O)N3CCCCCC3)cc2c1. The maximum absolute atomic E-state index is 12.5. The van der Waals surface area contributed by atoms with E-state index >= 15 is 0 Å². The van der Waals surface area contributed by atoms with Crippen LogP contribution >= 0.6 is 0 Å². The summed E-state index contributed by atoms with van der Waals surface area (Å²) in [5.41, 5.74) is 2.74. The number of aromatic nitrogens is 1. The first-order chi connectivity index (χ1) is 12.0. The molecule has 0 bridgehead atoms. The van der Waals surface area contributed by atoms with Gasteiger partial charge in [-0.25, -0.2) is 0 Å². The number of pyridine rings is 1. The number of fused-ring (bicyclic) bond motifs is 1. The third-order valence-electron chi connectivity index (χ3n) is 5.18. The summed E-state index contributed by atoms with van der Waals surface area (Å²) in [7, 11) is 0. The molecule has 0 atom stereocenters. The molecule has 0 unspecified atom stereocenters. The van der Waals surface area contributed by atoms with Crippen LogP contribution in [0.2, 0.25) is 0 Å². The Kier molecular flexibility index (Phi) is 5.57. The first-order valence-corrected chi connectivity index (χ1v) is 9.48. The zero-order valence-electron chi connectivity index (χ0n) is 15.3. The largest absolute Gasteiger partial charge is 0.343 e. The summed E-state index contributed by atoms with van der Waals surface area (Å²) in [6.45, 7) is 6.05. The van der Waals surface area contributed by atoms with Crippen molar-refractivity contribution >= 4 is 16.8 Å². The van der Waals surface area contributed by atoms with Crippen LogP contribution in [0.3, 0.4) is 0 Å². The van der Waals surface area contributed by atoms with Crippen molar-refractivity contribution in [3.63, 3.8) is 0 Å². The van der Waals surface area contributed by atoms with Gasteiger partial charge in [-0.3, -0.25) is 9.59 Å². The lowest BCUT2D eigenvalue weighted by Crippen LogP contribution is -2.32. The van der Waals surface area contributed by atoms with Crippen LogP contribution in [-0.4, -0.2) is 28.9 Å². The van der Waals surface area contributed by atoms with Crippen molar-refractivity contribution in [2.24, 2.45) is 0 Å². The van der Waals surface area contributed by atoms with Gasteiger partial charge in [0.2, 0.25) is 5.91 Å². The van der Waals surface area contributed by atoms with Gasteiger partial charge < -0.3 is 9.88 Å². The minimum absolute atomic E-state index is 0.0755. The average Bonchev–Trinajstić information content (AvgIpc) is 2.88. The number of carbonyl (C=O) groups is 1. The number of aromatic amines is 1. The Bertz CT molecular complexity index is 799. The number of likely N-dealkylation sites (tertiary alicyclic amines) is 1. The molecule has 134 valence electrons. The molecular formula is C21H28N2O2. The molecule has 0 saturated carbocycles. The van der Waals surface area contributed by atoms with E-state index in [1.807, 2.05) is 17.0 Å². The van der Waals surface area contributed by atoms with E-state index in [0.717, 1.165) is 36.8 Å². The molecule has 1 aromatic heterocycles. The van der Waals surface area contributed by atoms with Gasteiger partial charge in [0.05, 0.1) is 0 Å². The van der Waals surface area contributed by atoms with Gasteiger partial charge in [-0.15, -0.1) is 0 Å². The summed E-state index contributed by atoms with van der Waals surface area (Å²) in [5.74, 6) is 0.627. The van der Waals surface area contributed by atoms with Crippen molar-refractivity contribution in [3.8, 4) is 0 Å². The Morgan fingerprint density at radius 2 is 1.84 bits per heavy atom. The van der Waals surface area contributed by atoms with Gasteiger partial charge in [0.15, 0.2) is 0 Å². The van der Waals surface area contributed by atoms with Gasteiger partial charge in [-0.1, -0.05) is 32.8 Å². The van der Waals surface area contributed by atoms with Crippen molar-refractivity contribution in [2.45, 2.75) is 58.3 Å². The second-order valence-corrected chi connectivity index (χ2v) is 7.42. The van der Waals surface area contributed by atoms with Crippen LogP contribution in [0.25, 0.3) is 10.9 Å². The van der Waals surface area contributed by atoms with Gasteiger partial charge in [-0.2, -0.15) is 0 Å². The van der Waals surface area contributed by atoms with Gasteiger partial charge in [-0.05, 0) is 54.3 Å². The number of benzene rings is 1. The fourth-order valence-corrected chi connectivity index (χ4v) is 3.53. The molecule has 1 fully saturated rings. The molecule has 1 aromatic carbocycles. The van der Waals surface area contributed by atoms with E-state index in [4.69, 9.17) is 0 Å². The third kappa shape index (κ3) is 4.30. The Hall–Kier alpha value is -2.10. The lowest BCUT2D eigenvalue weighted by molar-refractivity contribution is -0.131. The molecule has 3 rings (SSSR count). The number of hydrogen-bond acceptors (Lipinski definition) is 2. The standard InChI is InChI=1S/C21H28N2O2/c1-15(2)16-7-9-19-18(13-16)14-17(21(25)22-19)8-10-20(24)23-11-5-3-4-6-12-23/h7,9,13-15H,3-6,8,10-12H2,1-2H3,(H,22,25). The molecule has 0 aliphatic carbocycles. The molecule has 0 spiro atoms. The molecule has 2 heterocycles. The molecule has 0 radical (unpaired) electrons. The number of H-pyrrole nitrogens is 1. The van der Waals surface area contributed by atoms with Crippen molar-refractivity contribution in [1.82, 2.24) is 9.88 Å². The Balaban J connectivity index is 1.75. The smallest absolute Gasteiger partial charge is 0.251 e. The predicted molar refractivity (Wildman–Crippen MR) is 102 cm³/mol. The Labute approximate surface area is 149 Å². The number of hydrogen-bond donors (Lipinski definition) is 1. The summed E-state index contributed by atoms with van der Waals surface area (Å²) in [6, 6.07) is 8.12. The summed E-state index contributed by atoms with van der Waals surface area (Å²) in [5, 5.41) is 1.04. The fourth-order valence-electron chi connectivity index (χ4n) is 3.53. The summed E-state index contributed by atoms with van der Waals surface area (Å²) < 4.78 is 0. The first-order valence-electron chi connectivity index (χ1n) is 9.48. The van der Waals surface area contributed by atoms with E-state index in [2.05, 4.69) is 31.0 Å². The van der Waals surface area contributed by atoms with Crippen molar-refractivity contribution in [3.05, 3.63) is 45.7 Å². The summed E-state index contributed by atoms with van der Waals surface area (Å²) in [4.78, 5) is 29.7.